The van der Waals surface area contributed by atoms with Crippen molar-refractivity contribution in [2.24, 2.45) is 0 Å². The lowest BCUT2D eigenvalue weighted by atomic mass is 9.78. The van der Waals surface area contributed by atoms with E-state index in [1.165, 1.54) is 37.7 Å². The van der Waals surface area contributed by atoms with Crippen molar-refractivity contribution in [1.82, 2.24) is 19.4 Å². The predicted molar refractivity (Wildman–Crippen MR) is 111 cm³/mol. The summed E-state index contributed by atoms with van der Waals surface area (Å²) in [4.78, 5) is 22.0. The van der Waals surface area contributed by atoms with Gasteiger partial charge in [-0.05, 0) is 25.3 Å². The number of nitrogens with zero attached hydrogens (tertiary/aromatic N) is 4. The Kier molecular flexibility index (Phi) is 5.81. The van der Waals surface area contributed by atoms with Gasteiger partial charge in [0.05, 0.1) is 0 Å². The van der Waals surface area contributed by atoms with Gasteiger partial charge < -0.3 is 9.47 Å². The van der Waals surface area contributed by atoms with E-state index in [1.54, 1.807) is 6.20 Å². The van der Waals surface area contributed by atoms with Crippen LogP contribution in [0.4, 0.5) is 0 Å². The fourth-order valence-corrected chi connectivity index (χ4v) is 4.97. The Morgan fingerprint density at radius 1 is 1.11 bits per heavy atom. The van der Waals surface area contributed by atoms with Crippen molar-refractivity contribution in [2.75, 3.05) is 19.6 Å². The van der Waals surface area contributed by atoms with Crippen LogP contribution < -0.4 is 0 Å². The molecular weight excluding hydrogens is 348 g/mol. The Hall–Kier alpha value is -2.14. The molecule has 1 aromatic heterocycles. The summed E-state index contributed by atoms with van der Waals surface area (Å²) in [6.07, 6.45) is 10.6. The first kappa shape index (κ1) is 19.2. The van der Waals surface area contributed by atoms with E-state index in [9.17, 15) is 4.79 Å². The topological polar surface area (TPSA) is 41.4 Å². The molecule has 0 unspecified atom stereocenters. The van der Waals surface area contributed by atoms with Crippen LogP contribution in [-0.2, 0) is 17.9 Å². The first-order valence-electron chi connectivity index (χ1n) is 10.7. The molecule has 0 atom stereocenters. The summed E-state index contributed by atoms with van der Waals surface area (Å²) < 4.78 is 2.07. The van der Waals surface area contributed by atoms with Gasteiger partial charge in [-0.3, -0.25) is 9.69 Å². The van der Waals surface area contributed by atoms with Crippen LogP contribution in [0.5, 0.6) is 0 Å². The molecule has 0 radical (unpaired) electrons. The summed E-state index contributed by atoms with van der Waals surface area (Å²) in [5.74, 6) is 1.27. The molecule has 1 saturated heterocycles. The molecule has 2 fully saturated rings. The van der Waals surface area contributed by atoms with Gasteiger partial charge in [-0.2, -0.15) is 0 Å². The van der Waals surface area contributed by atoms with Crippen molar-refractivity contribution in [3.63, 3.8) is 0 Å². The van der Waals surface area contributed by atoms with Gasteiger partial charge in [0, 0.05) is 57.1 Å². The summed E-state index contributed by atoms with van der Waals surface area (Å²) in [7, 11) is 0. The van der Waals surface area contributed by atoms with Crippen molar-refractivity contribution in [3.05, 3.63) is 54.1 Å². The molecule has 2 aliphatic rings. The second-order valence-corrected chi connectivity index (χ2v) is 8.43. The van der Waals surface area contributed by atoms with Crippen LogP contribution in [0, 0.1) is 6.92 Å². The van der Waals surface area contributed by atoms with Crippen molar-refractivity contribution in [3.8, 4) is 0 Å². The van der Waals surface area contributed by atoms with Crippen LogP contribution >= 0.6 is 0 Å². The summed E-state index contributed by atoms with van der Waals surface area (Å²) >= 11 is 0. The number of carbonyl (C=O) groups is 1. The van der Waals surface area contributed by atoms with Crippen LogP contribution in [-0.4, -0.2) is 50.4 Å². The highest BCUT2D eigenvalue weighted by Gasteiger charge is 2.43. The van der Waals surface area contributed by atoms with Crippen LogP contribution in [0.2, 0.25) is 0 Å². The van der Waals surface area contributed by atoms with Crippen LogP contribution in [0.3, 0.4) is 0 Å². The Morgan fingerprint density at radius 2 is 1.89 bits per heavy atom. The van der Waals surface area contributed by atoms with Crippen LogP contribution in [0.15, 0.2) is 42.7 Å². The van der Waals surface area contributed by atoms with Crippen molar-refractivity contribution in [1.29, 1.82) is 0 Å². The summed E-state index contributed by atoms with van der Waals surface area (Å²) in [5.41, 5.74) is 1.54. The van der Waals surface area contributed by atoms with Gasteiger partial charge in [-0.25, -0.2) is 4.98 Å². The van der Waals surface area contributed by atoms with Crippen molar-refractivity contribution in [2.45, 2.75) is 64.1 Å². The van der Waals surface area contributed by atoms with E-state index < -0.39 is 0 Å². The maximum absolute atomic E-state index is 13.0. The van der Waals surface area contributed by atoms with Crippen molar-refractivity contribution >= 4 is 5.91 Å². The van der Waals surface area contributed by atoms with E-state index in [0.717, 1.165) is 38.5 Å². The zero-order valence-electron chi connectivity index (χ0n) is 17.0. The van der Waals surface area contributed by atoms with E-state index in [4.69, 9.17) is 0 Å². The third-order valence-electron chi connectivity index (χ3n) is 6.64. The van der Waals surface area contributed by atoms with Gasteiger partial charge in [-0.15, -0.1) is 0 Å². The van der Waals surface area contributed by atoms with Gasteiger partial charge in [0.25, 0.3) is 0 Å². The van der Waals surface area contributed by atoms with Crippen LogP contribution in [0.25, 0.3) is 0 Å². The van der Waals surface area contributed by atoms with Gasteiger partial charge >= 0.3 is 0 Å². The number of aromatic nitrogens is 2. The van der Waals surface area contributed by atoms with E-state index in [0.29, 0.717) is 6.42 Å². The number of hydrogen-bond acceptors (Lipinski definition) is 3. The summed E-state index contributed by atoms with van der Waals surface area (Å²) in [6.45, 7) is 6.42. The molecule has 0 bridgehead atoms. The number of hydrogen-bond donors (Lipinski definition) is 0. The average Bonchev–Trinajstić information content (AvgIpc) is 3.14. The zero-order chi connectivity index (χ0) is 19.4. The molecule has 2 heterocycles. The largest absolute Gasteiger partial charge is 0.339 e. The summed E-state index contributed by atoms with van der Waals surface area (Å²) in [6, 6.07) is 10.8. The minimum Gasteiger partial charge on any atom is -0.339 e. The number of imidazole rings is 1. The SMILES string of the molecule is Cc1nccn1CCC(=O)N1CCN(Cc2ccccc2)C2(CCCCC2)C1. The number of benzene rings is 1. The van der Waals surface area contributed by atoms with E-state index in [1.807, 2.05) is 13.1 Å². The molecule has 1 aromatic carbocycles. The normalized spacial score (nSPS) is 19.8. The molecule has 1 spiro atoms. The molecule has 28 heavy (non-hydrogen) atoms. The maximum atomic E-state index is 13.0. The third-order valence-corrected chi connectivity index (χ3v) is 6.64. The van der Waals surface area contributed by atoms with E-state index in [2.05, 4.69) is 49.7 Å². The highest BCUT2D eigenvalue weighted by molar-refractivity contribution is 5.76. The third kappa shape index (κ3) is 4.14. The number of aryl methyl sites for hydroxylation is 2. The highest BCUT2D eigenvalue weighted by atomic mass is 16.2. The highest BCUT2D eigenvalue weighted by Crippen LogP contribution is 2.37. The van der Waals surface area contributed by atoms with Gasteiger partial charge in [-0.1, -0.05) is 49.6 Å². The monoisotopic (exact) mass is 380 g/mol. The lowest BCUT2D eigenvalue weighted by Gasteiger charge is -2.53. The number of piperazine rings is 1. The Labute approximate surface area is 168 Å². The molecule has 5 nitrogen and oxygen atoms in total. The molecule has 4 rings (SSSR count). The Balaban J connectivity index is 1.43. The first-order valence-corrected chi connectivity index (χ1v) is 10.7. The smallest absolute Gasteiger partial charge is 0.224 e. The quantitative estimate of drug-likeness (QED) is 0.795. The fraction of sp³-hybridized carbons (Fsp3) is 0.565. The van der Waals surface area contributed by atoms with Crippen molar-refractivity contribution < 1.29 is 4.79 Å². The lowest BCUT2D eigenvalue weighted by molar-refractivity contribution is -0.139. The molecule has 1 saturated carbocycles. The first-order chi connectivity index (χ1) is 13.7. The second kappa shape index (κ2) is 8.48. The van der Waals surface area contributed by atoms with E-state index in [-0.39, 0.29) is 11.4 Å². The lowest BCUT2D eigenvalue weighted by Crippen LogP contribution is -2.63. The Bertz CT molecular complexity index is 779. The maximum Gasteiger partial charge on any atom is 0.224 e. The predicted octanol–water partition coefficient (Wildman–Crippen LogP) is 3.63. The summed E-state index contributed by atoms with van der Waals surface area (Å²) in [5, 5.41) is 0. The second-order valence-electron chi connectivity index (χ2n) is 8.43. The zero-order valence-corrected chi connectivity index (χ0v) is 17.0. The Morgan fingerprint density at radius 3 is 2.61 bits per heavy atom. The molecule has 1 aliphatic heterocycles. The van der Waals surface area contributed by atoms with E-state index >= 15 is 0 Å². The number of carbonyl (C=O) groups excluding carboxylic acids is 1. The molecule has 5 heteroatoms. The fourth-order valence-electron chi connectivity index (χ4n) is 4.97. The molecule has 2 aromatic rings. The molecule has 0 N–H and O–H groups in total. The molecular formula is C23H32N4O. The molecule has 150 valence electrons. The number of amides is 1. The van der Waals surface area contributed by atoms with Gasteiger partial charge in [0.1, 0.15) is 5.82 Å². The van der Waals surface area contributed by atoms with Gasteiger partial charge in [0.2, 0.25) is 5.91 Å². The number of rotatable bonds is 5. The molecule has 1 aliphatic carbocycles. The van der Waals surface area contributed by atoms with Crippen LogP contribution in [0.1, 0.15) is 49.9 Å². The average molecular weight is 381 g/mol. The minimum absolute atomic E-state index is 0.160. The molecule has 1 amide bonds. The van der Waals surface area contributed by atoms with Gasteiger partial charge in [0.15, 0.2) is 0 Å². The minimum atomic E-state index is 0.160. The standard InChI is InChI=1S/C23H32N4O/c1-20-24-13-15-25(20)14-10-22(28)26-16-17-27(18-21-8-4-2-5-9-21)23(19-26)11-6-3-7-12-23/h2,4-5,8-9,13,15H,3,6-7,10-12,14,16-19H2,1H3.